The van der Waals surface area contributed by atoms with Gasteiger partial charge in [-0.05, 0) is 31.4 Å². The van der Waals surface area contributed by atoms with Crippen molar-refractivity contribution in [2.75, 3.05) is 24.2 Å². The summed E-state index contributed by atoms with van der Waals surface area (Å²) in [6.07, 6.45) is 6.32. The Bertz CT molecular complexity index is 781. The van der Waals surface area contributed by atoms with Crippen LogP contribution in [0.3, 0.4) is 0 Å². The second-order valence-corrected chi connectivity index (χ2v) is 8.88. The van der Waals surface area contributed by atoms with E-state index in [1.165, 1.54) is 4.31 Å². The number of piperidine rings is 1. The first-order valence-corrected chi connectivity index (χ1v) is 10.5. The lowest BCUT2D eigenvalue weighted by Crippen LogP contribution is -2.51. The smallest absolute Gasteiger partial charge is 0.273 e. The Kier molecular flexibility index (Phi) is 5.57. The molecule has 1 fully saturated rings. The van der Waals surface area contributed by atoms with Crippen molar-refractivity contribution in [3.05, 3.63) is 24.5 Å². The summed E-state index contributed by atoms with van der Waals surface area (Å²) >= 11 is 0. The van der Waals surface area contributed by atoms with Gasteiger partial charge in [-0.1, -0.05) is 18.5 Å². The maximum Gasteiger partial charge on any atom is 0.273 e. The first kappa shape index (κ1) is 18.8. The van der Waals surface area contributed by atoms with Gasteiger partial charge in [0.15, 0.2) is 5.60 Å². The molecule has 1 atom stereocenters. The van der Waals surface area contributed by atoms with Gasteiger partial charge in [0, 0.05) is 19.2 Å². The third kappa shape index (κ3) is 4.21. The second-order valence-electron chi connectivity index (χ2n) is 6.79. The van der Waals surface area contributed by atoms with Crippen LogP contribution >= 0.6 is 0 Å². The van der Waals surface area contributed by atoms with Crippen LogP contribution in [0.25, 0.3) is 0 Å². The number of carbonyl (C=O) groups excluding carboxylic acids is 1. The zero-order valence-corrected chi connectivity index (χ0v) is 15.7. The number of oxime groups is 1. The summed E-state index contributed by atoms with van der Waals surface area (Å²) in [6.45, 7) is 2.70. The SMILES string of the molecule is CCCCS(=O)(=O)N1CCC[C@@]2(CC(C(=O)Nc3cccnc3)=NO2)C1. The van der Waals surface area contributed by atoms with Gasteiger partial charge in [-0.25, -0.2) is 8.42 Å². The van der Waals surface area contributed by atoms with Gasteiger partial charge in [-0.15, -0.1) is 0 Å². The molecule has 9 heteroatoms. The molecule has 142 valence electrons. The highest BCUT2D eigenvalue weighted by Crippen LogP contribution is 2.34. The summed E-state index contributed by atoms with van der Waals surface area (Å²) in [4.78, 5) is 21.9. The van der Waals surface area contributed by atoms with Crippen molar-refractivity contribution in [3.63, 3.8) is 0 Å². The Morgan fingerprint density at radius 1 is 1.46 bits per heavy atom. The van der Waals surface area contributed by atoms with E-state index >= 15 is 0 Å². The number of pyridine rings is 1. The number of nitrogens with zero attached hydrogens (tertiary/aromatic N) is 3. The van der Waals surface area contributed by atoms with Crippen molar-refractivity contribution >= 4 is 27.3 Å². The lowest BCUT2D eigenvalue weighted by atomic mass is 9.89. The predicted molar refractivity (Wildman–Crippen MR) is 98.2 cm³/mol. The fourth-order valence-electron chi connectivity index (χ4n) is 3.25. The van der Waals surface area contributed by atoms with Gasteiger partial charge in [-0.2, -0.15) is 4.31 Å². The summed E-state index contributed by atoms with van der Waals surface area (Å²) in [7, 11) is -3.30. The van der Waals surface area contributed by atoms with Gasteiger partial charge in [0.1, 0.15) is 5.71 Å². The average Bonchev–Trinajstić information content (AvgIpc) is 3.04. The fourth-order valence-corrected chi connectivity index (χ4v) is 5.00. The van der Waals surface area contributed by atoms with Crippen LogP contribution in [0.1, 0.15) is 39.0 Å². The molecule has 3 rings (SSSR count). The quantitative estimate of drug-likeness (QED) is 0.810. The standard InChI is InChI=1S/C17H24N4O4S/c1-2-3-10-26(23,24)21-9-5-7-17(13-21)11-15(20-25-17)16(22)19-14-6-4-8-18-12-14/h4,6,8,12H,2-3,5,7,9-11,13H2,1H3,(H,19,22)/t17-/m1/s1. The van der Waals surface area contributed by atoms with E-state index in [0.29, 0.717) is 37.9 Å². The first-order valence-electron chi connectivity index (χ1n) is 8.88. The number of anilines is 1. The molecule has 2 aliphatic heterocycles. The lowest BCUT2D eigenvalue weighted by Gasteiger charge is -2.37. The van der Waals surface area contributed by atoms with Crippen LogP contribution in [0.2, 0.25) is 0 Å². The minimum absolute atomic E-state index is 0.148. The topological polar surface area (TPSA) is 101 Å². The number of rotatable bonds is 6. The van der Waals surface area contributed by atoms with Crippen molar-refractivity contribution < 1.29 is 18.0 Å². The van der Waals surface area contributed by atoms with E-state index in [-0.39, 0.29) is 23.9 Å². The predicted octanol–water partition coefficient (Wildman–Crippen LogP) is 1.76. The normalized spacial score (nSPS) is 23.5. The molecule has 1 aromatic rings. The van der Waals surface area contributed by atoms with E-state index in [1.54, 1.807) is 24.5 Å². The van der Waals surface area contributed by atoms with Crippen LogP contribution in [0, 0.1) is 0 Å². The molecule has 1 N–H and O–H groups in total. The molecule has 0 bridgehead atoms. The van der Waals surface area contributed by atoms with E-state index in [4.69, 9.17) is 4.84 Å². The molecule has 0 aromatic carbocycles. The van der Waals surface area contributed by atoms with Crippen LogP contribution in [-0.4, -0.2) is 53.8 Å². The molecule has 0 aliphatic carbocycles. The van der Waals surface area contributed by atoms with Crippen molar-refractivity contribution in [1.29, 1.82) is 0 Å². The number of amides is 1. The summed E-state index contributed by atoms with van der Waals surface area (Å²) in [6, 6.07) is 3.46. The third-order valence-electron chi connectivity index (χ3n) is 4.67. The van der Waals surface area contributed by atoms with E-state index in [9.17, 15) is 13.2 Å². The largest absolute Gasteiger partial charge is 0.387 e. The first-order chi connectivity index (χ1) is 12.4. The van der Waals surface area contributed by atoms with Crippen molar-refractivity contribution in [1.82, 2.24) is 9.29 Å². The fraction of sp³-hybridized carbons (Fsp3) is 0.588. The monoisotopic (exact) mass is 380 g/mol. The van der Waals surface area contributed by atoms with Crippen molar-refractivity contribution in [2.24, 2.45) is 5.16 Å². The van der Waals surface area contributed by atoms with Gasteiger partial charge < -0.3 is 10.2 Å². The highest BCUT2D eigenvalue weighted by Gasteiger charge is 2.46. The van der Waals surface area contributed by atoms with Crippen LogP contribution in [0.5, 0.6) is 0 Å². The molecule has 3 heterocycles. The second kappa shape index (κ2) is 7.71. The van der Waals surface area contributed by atoms with Gasteiger partial charge >= 0.3 is 0 Å². The minimum Gasteiger partial charge on any atom is -0.387 e. The van der Waals surface area contributed by atoms with Crippen LogP contribution in [0.15, 0.2) is 29.7 Å². The summed E-state index contributed by atoms with van der Waals surface area (Å²) < 4.78 is 26.5. The molecule has 1 saturated heterocycles. The molecule has 1 amide bonds. The number of unbranched alkanes of at least 4 members (excludes halogenated alkanes) is 1. The molecule has 8 nitrogen and oxygen atoms in total. The lowest BCUT2D eigenvalue weighted by molar-refractivity contribution is -0.110. The van der Waals surface area contributed by atoms with Gasteiger partial charge in [0.05, 0.1) is 24.2 Å². The number of hydrogen-bond donors (Lipinski definition) is 1. The molecule has 0 unspecified atom stereocenters. The van der Waals surface area contributed by atoms with Gasteiger partial charge in [0.25, 0.3) is 5.91 Å². The Balaban J connectivity index is 1.63. The maximum absolute atomic E-state index is 12.5. The summed E-state index contributed by atoms with van der Waals surface area (Å²) in [5, 5.41) is 6.68. The zero-order valence-electron chi connectivity index (χ0n) is 14.8. The molecule has 0 radical (unpaired) electrons. The Morgan fingerprint density at radius 2 is 2.31 bits per heavy atom. The van der Waals surface area contributed by atoms with E-state index in [1.807, 2.05) is 6.92 Å². The number of carbonyl (C=O) groups is 1. The highest BCUT2D eigenvalue weighted by molar-refractivity contribution is 7.89. The zero-order chi connectivity index (χ0) is 18.6. The third-order valence-corrected chi connectivity index (χ3v) is 6.58. The molecule has 1 spiro atoms. The molecular weight excluding hydrogens is 356 g/mol. The highest BCUT2D eigenvalue weighted by atomic mass is 32.2. The van der Waals surface area contributed by atoms with Crippen molar-refractivity contribution in [3.8, 4) is 0 Å². The Morgan fingerprint density at radius 3 is 3.04 bits per heavy atom. The van der Waals surface area contributed by atoms with Gasteiger partial charge in [0.2, 0.25) is 10.0 Å². The maximum atomic E-state index is 12.5. The molecule has 26 heavy (non-hydrogen) atoms. The Labute approximate surface area is 153 Å². The van der Waals surface area contributed by atoms with E-state index < -0.39 is 15.6 Å². The van der Waals surface area contributed by atoms with Crippen LogP contribution in [0.4, 0.5) is 5.69 Å². The summed E-state index contributed by atoms with van der Waals surface area (Å²) in [5.41, 5.74) is 0.120. The van der Waals surface area contributed by atoms with Gasteiger partial charge in [-0.3, -0.25) is 9.78 Å². The molecular formula is C17H24N4O4S. The van der Waals surface area contributed by atoms with E-state index in [0.717, 1.165) is 6.42 Å². The number of hydrogen-bond acceptors (Lipinski definition) is 6. The van der Waals surface area contributed by atoms with Crippen LogP contribution < -0.4 is 5.32 Å². The van der Waals surface area contributed by atoms with Crippen molar-refractivity contribution in [2.45, 2.75) is 44.6 Å². The molecule has 1 aromatic heterocycles. The number of sulfonamides is 1. The van der Waals surface area contributed by atoms with Crippen LogP contribution in [-0.2, 0) is 19.7 Å². The Hall–Kier alpha value is -2.00. The molecule has 0 saturated carbocycles. The summed E-state index contributed by atoms with van der Waals surface area (Å²) in [5.74, 6) is -0.199. The minimum atomic E-state index is -3.30. The molecule has 2 aliphatic rings. The number of nitrogens with one attached hydrogen (secondary N) is 1. The average molecular weight is 380 g/mol. The van der Waals surface area contributed by atoms with E-state index in [2.05, 4.69) is 15.5 Å². The number of aromatic nitrogens is 1.